The average molecular weight is 251 g/mol. The molecule has 1 aromatic heterocycles. The van der Waals surface area contributed by atoms with Gasteiger partial charge in [-0.3, -0.25) is 0 Å². The molecule has 0 aliphatic carbocycles. The van der Waals surface area contributed by atoms with E-state index in [0.717, 1.165) is 16.1 Å². The van der Waals surface area contributed by atoms with Gasteiger partial charge in [0.15, 0.2) is 5.82 Å². The molecule has 4 nitrogen and oxygen atoms in total. The van der Waals surface area contributed by atoms with Gasteiger partial charge in [0.05, 0.1) is 12.6 Å². The molecule has 1 aromatic carbocycles. The maximum atomic E-state index is 6.16. The molecule has 90 valence electrons. The predicted octanol–water partition coefficient (Wildman–Crippen LogP) is 2.31. The highest BCUT2D eigenvalue weighted by molar-refractivity contribution is 6.31. The summed E-state index contributed by atoms with van der Waals surface area (Å²) in [5.74, 6) is 0.647. The van der Waals surface area contributed by atoms with Gasteiger partial charge < -0.3 is 5.73 Å². The van der Waals surface area contributed by atoms with Gasteiger partial charge >= 0.3 is 0 Å². The molecule has 5 heteroatoms. The van der Waals surface area contributed by atoms with Crippen molar-refractivity contribution in [2.24, 2.45) is 5.73 Å². The van der Waals surface area contributed by atoms with Crippen molar-refractivity contribution in [2.75, 3.05) is 0 Å². The van der Waals surface area contributed by atoms with Crippen molar-refractivity contribution in [1.29, 1.82) is 0 Å². The van der Waals surface area contributed by atoms with Crippen LogP contribution in [0.15, 0.2) is 24.5 Å². The molecule has 2 rings (SSSR count). The molecule has 1 heterocycles. The molecule has 1 unspecified atom stereocenters. The average Bonchev–Trinajstić information content (AvgIpc) is 2.71. The first-order valence-electron chi connectivity index (χ1n) is 5.46. The molecular formula is C12H15ClN4. The minimum atomic E-state index is -0.148. The van der Waals surface area contributed by atoms with Crippen LogP contribution in [0.25, 0.3) is 0 Å². The summed E-state index contributed by atoms with van der Waals surface area (Å²) in [5.41, 5.74) is 7.88. The molecule has 0 fully saturated rings. The first-order chi connectivity index (χ1) is 8.06. The Labute approximate surface area is 105 Å². The van der Waals surface area contributed by atoms with Crippen molar-refractivity contribution in [1.82, 2.24) is 14.8 Å². The minimum absolute atomic E-state index is 0.148. The second-order valence-corrected chi connectivity index (χ2v) is 4.59. The first-order valence-corrected chi connectivity index (χ1v) is 5.84. The van der Waals surface area contributed by atoms with E-state index < -0.39 is 0 Å². The molecule has 0 saturated carbocycles. The first kappa shape index (κ1) is 12.1. The van der Waals surface area contributed by atoms with E-state index in [9.17, 15) is 0 Å². The van der Waals surface area contributed by atoms with Gasteiger partial charge in [-0.2, -0.15) is 5.10 Å². The van der Waals surface area contributed by atoms with Gasteiger partial charge in [-0.25, -0.2) is 9.67 Å². The maximum Gasteiger partial charge on any atom is 0.166 e. The minimum Gasteiger partial charge on any atom is -0.321 e. The molecule has 2 N–H and O–H groups in total. The third-order valence-electron chi connectivity index (χ3n) is 2.50. The van der Waals surface area contributed by atoms with E-state index in [-0.39, 0.29) is 6.04 Å². The van der Waals surface area contributed by atoms with Crippen molar-refractivity contribution in [2.45, 2.75) is 26.4 Å². The second kappa shape index (κ2) is 4.85. The third kappa shape index (κ3) is 2.84. The van der Waals surface area contributed by atoms with Crippen LogP contribution >= 0.6 is 11.6 Å². The SMILES string of the molecule is Cc1ccc(Cn2cnc(C(C)N)n2)c(Cl)c1. The zero-order valence-corrected chi connectivity index (χ0v) is 10.6. The van der Waals surface area contributed by atoms with Crippen molar-refractivity contribution in [3.05, 3.63) is 46.5 Å². The molecule has 0 bridgehead atoms. The van der Waals surface area contributed by atoms with Crippen LogP contribution < -0.4 is 5.73 Å². The number of hydrogen-bond donors (Lipinski definition) is 1. The van der Waals surface area contributed by atoms with Crippen molar-refractivity contribution in [3.63, 3.8) is 0 Å². The van der Waals surface area contributed by atoms with Gasteiger partial charge in [-0.15, -0.1) is 0 Å². The number of nitrogens with zero attached hydrogens (tertiary/aromatic N) is 3. The van der Waals surface area contributed by atoms with Crippen molar-refractivity contribution >= 4 is 11.6 Å². The van der Waals surface area contributed by atoms with Gasteiger partial charge in [0, 0.05) is 5.02 Å². The monoisotopic (exact) mass is 250 g/mol. The number of aromatic nitrogens is 3. The summed E-state index contributed by atoms with van der Waals surface area (Å²) in [6.45, 7) is 4.48. The van der Waals surface area contributed by atoms with E-state index in [4.69, 9.17) is 17.3 Å². The van der Waals surface area contributed by atoms with E-state index >= 15 is 0 Å². The molecule has 2 aromatic rings. The highest BCUT2D eigenvalue weighted by atomic mass is 35.5. The zero-order chi connectivity index (χ0) is 12.4. The number of rotatable bonds is 3. The van der Waals surface area contributed by atoms with Crippen LogP contribution in [0.4, 0.5) is 0 Å². The summed E-state index contributed by atoms with van der Waals surface area (Å²) < 4.78 is 1.75. The Bertz CT molecular complexity index is 519. The predicted molar refractivity (Wildman–Crippen MR) is 67.9 cm³/mol. The molecule has 0 aliphatic rings. The van der Waals surface area contributed by atoms with Gasteiger partial charge in [0.25, 0.3) is 0 Å². The molecule has 1 atom stereocenters. The summed E-state index contributed by atoms with van der Waals surface area (Å²) in [6.07, 6.45) is 1.68. The summed E-state index contributed by atoms with van der Waals surface area (Å²) in [5, 5.41) is 5.04. The molecule has 0 aliphatic heterocycles. The number of benzene rings is 1. The Morgan fingerprint density at radius 1 is 1.47 bits per heavy atom. The number of halogens is 1. The van der Waals surface area contributed by atoms with E-state index in [1.807, 2.05) is 32.0 Å². The van der Waals surface area contributed by atoms with Crippen LogP contribution in [0.3, 0.4) is 0 Å². The van der Waals surface area contributed by atoms with Gasteiger partial charge in [0.2, 0.25) is 0 Å². The van der Waals surface area contributed by atoms with Crippen LogP contribution in [0, 0.1) is 6.92 Å². The van der Waals surface area contributed by atoms with Crippen molar-refractivity contribution < 1.29 is 0 Å². The van der Waals surface area contributed by atoms with E-state index in [0.29, 0.717) is 12.4 Å². The number of hydrogen-bond acceptors (Lipinski definition) is 3. The van der Waals surface area contributed by atoms with Crippen LogP contribution in [0.2, 0.25) is 5.02 Å². The quantitative estimate of drug-likeness (QED) is 0.910. The Balaban J connectivity index is 2.19. The smallest absolute Gasteiger partial charge is 0.166 e. The van der Waals surface area contributed by atoms with Gasteiger partial charge in [-0.05, 0) is 31.0 Å². The van der Waals surface area contributed by atoms with Gasteiger partial charge in [-0.1, -0.05) is 23.7 Å². The Morgan fingerprint density at radius 2 is 2.24 bits per heavy atom. The maximum absolute atomic E-state index is 6.16. The molecule has 0 radical (unpaired) electrons. The fourth-order valence-corrected chi connectivity index (χ4v) is 1.84. The fraction of sp³-hybridized carbons (Fsp3) is 0.333. The fourth-order valence-electron chi connectivity index (χ4n) is 1.55. The van der Waals surface area contributed by atoms with E-state index in [1.165, 1.54) is 0 Å². The standard InChI is InChI=1S/C12H15ClN4/c1-8-3-4-10(11(13)5-8)6-17-7-15-12(16-17)9(2)14/h3-5,7,9H,6,14H2,1-2H3. The van der Waals surface area contributed by atoms with E-state index in [2.05, 4.69) is 10.1 Å². The molecule has 0 spiro atoms. The molecule has 0 amide bonds. The molecule has 17 heavy (non-hydrogen) atoms. The van der Waals surface area contributed by atoms with Crippen LogP contribution in [0.5, 0.6) is 0 Å². The lowest BCUT2D eigenvalue weighted by molar-refractivity contribution is 0.649. The zero-order valence-electron chi connectivity index (χ0n) is 9.89. The molecule has 0 saturated heterocycles. The summed E-state index contributed by atoms with van der Waals surface area (Å²) in [7, 11) is 0. The van der Waals surface area contributed by atoms with Crippen LogP contribution in [0.1, 0.15) is 29.9 Å². The Kier molecular flexibility index (Phi) is 3.45. The van der Waals surface area contributed by atoms with E-state index in [1.54, 1.807) is 11.0 Å². The van der Waals surface area contributed by atoms with Crippen molar-refractivity contribution in [3.8, 4) is 0 Å². The van der Waals surface area contributed by atoms with Crippen LogP contribution in [-0.2, 0) is 6.54 Å². The number of aryl methyl sites for hydroxylation is 1. The Hall–Kier alpha value is -1.39. The topological polar surface area (TPSA) is 56.7 Å². The highest BCUT2D eigenvalue weighted by Gasteiger charge is 2.07. The second-order valence-electron chi connectivity index (χ2n) is 4.18. The highest BCUT2D eigenvalue weighted by Crippen LogP contribution is 2.18. The lowest BCUT2D eigenvalue weighted by atomic mass is 10.1. The lowest BCUT2D eigenvalue weighted by Gasteiger charge is -2.05. The summed E-state index contributed by atoms with van der Waals surface area (Å²) >= 11 is 6.16. The normalized spacial score (nSPS) is 12.7. The number of nitrogens with two attached hydrogens (primary N) is 1. The third-order valence-corrected chi connectivity index (χ3v) is 2.85. The lowest BCUT2D eigenvalue weighted by Crippen LogP contribution is -2.08. The summed E-state index contributed by atoms with van der Waals surface area (Å²) in [4.78, 5) is 4.14. The van der Waals surface area contributed by atoms with Gasteiger partial charge in [0.1, 0.15) is 6.33 Å². The van der Waals surface area contributed by atoms with Crippen LogP contribution in [-0.4, -0.2) is 14.8 Å². The summed E-state index contributed by atoms with van der Waals surface area (Å²) in [6, 6.07) is 5.83. The molecular weight excluding hydrogens is 236 g/mol. The largest absolute Gasteiger partial charge is 0.321 e. The Morgan fingerprint density at radius 3 is 2.82 bits per heavy atom.